The first kappa shape index (κ1) is 31.2. The number of carbonyl (C=O) groups excluding carboxylic acids is 1. The second-order valence-corrected chi connectivity index (χ2v) is 15.6. The monoisotopic (exact) mass is 630 g/mol. The summed E-state index contributed by atoms with van der Waals surface area (Å²) in [5.74, 6) is 1.39. The van der Waals surface area contributed by atoms with Gasteiger partial charge in [0.1, 0.15) is 11.6 Å². The van der Waals surface area contributed by atoms with E-state index in [2.05, 4.69) is 41.4 Å². The van der Waals surface area contributed by atoms with E-state index >= 15 is 0 Å². The smallest absolute Gasteiger partial charge is 0.324 e. The van der Waals surface area contributed by atoms with Crippen LogP contribution in [0.5, 0.6) is 11.6 Å². The highest BCUT2D eigenvalue weighted by Gasteiger charge is 2.23. The zero-order chi connectivity index (χ0) is 31.5. The van der Waals surface area contributed by atoms with Gasteiger partial charge < -0.3 is 14.6 Å². The van der Waals surface area contributed by atoms with E-state index in [4.69, 9.17) is 21.4 Å². The maximum atomic E-state index is 13.5. The zero-order valence-corrected chi connectivity index (χ0v) is 27.1. The van der Waals surface area contributed by atoms with Crippen LogP contribution in [0.4, 0.5) is 16.3 Å². The number of benzene rings is 3. The van der Waals surface area contributed by atoms with Crippen LogP contribution in [0.2, 0.25) is 5.28 Å². The third-order valence-corrected chi connectivity index (χ3v) is 10.9. The zero-order valence-electron chi connectivity index (χ0n) is 25.5. The fraction of sp³-hybridized carbons (Fsp3) is 0.273. The number of amides is 2. The highest BCUT2D eigenvalue weighted by Crippen LogP contribution is 2.48. The summed E-state index contributed by atoms with van der Waals surface area (Å²) in [6.45, 7) is 10.2. The number of nitrogens with one attached hydrogen (secondary N) is 2. The molecule has 228 valence electrons. The van der Waals surface area contributed by atoms with Gasteiger partial charge in [0.05, 0.1) is 24.2 Å². The van der Waals surface area contributed by atoms with Crippen LogP contribution in [0, 0.1) is 0 Å². The summed E-state index contributed by atoms with van der Waals surface area (Å²) in [7, 11) is -2.29. The van der Waals surface area contributed by atoms with E-state index in [9.17, 15) is 9.36 Å². The third-order valence-electron chi connectivity index (χ3n) is 7.45. The molecule has 0 bridgehead atoms. The SMILES string of the molecule is CCP(=O)(CC)Cc1cccc(-n2nc(C(C)(C)C)cc2NC(=O)Nc2ccc(Oc3ccnc(Cl)n3)c3ccccc23)c1. The molecule has 0 fully saturated rings. The summed E-state index contributed by atoms with van der Waals surface area (Å²) in [6, 6.07) is 22.1. The predicted molar refractivity (Wildman–Crippen MR) is 178 cm³/mol. The van der Waals surface area contributed by atoms with Crippen molar-refractivity contribution in [2.45, 2.75) is 46.2 Å². The van der Waals surface area contributed by atoms with E-state index in [-0.39, 0.29) is 10.7 Å². The second kappa shape index (κ2) is 12.8. The van der Waals surface area contributed by atoms with E-state index in [1.54, 1.807) is 22.9 Å². The minimum Gasteiger partial charge on any atom is -0.438 e. The van der Waals surface area contributed by atoms with Crippen molar-refractivity contribution in [1.82, 2.24) is 19.7 Å². The lowest BCUT2D eigenvalue weighted by Crippen LogP contribution is -2.21. The van der Waals surface area contributed by atoms with Gasteiger partial charge in [-0.15, -0.1) is 0 Å². The average molecular weight is 631 g/mol. The molecule has 0 saturated carbocycles. The number of hydrogen-bond acceptors (Lipinski definition) is 6. The van der Waals surface area contributed by atoms with Gasteiger partial charge in [-0.2, -0.15) is 10.1 Å². The Bertz CT molecular complexity index is 1860. The van der Waals surface area contributed by atoms with Gasteiger partial charge in [0, 0.05) is 40.7 Å². The molecule has 5 rings (SSSR count). The molecule has 0 unspecified atom stereocenters. The van der Waals surface area contributed by atoms with Gasteiger partial charge >= 0.3 is 6.03 Å². The molecule has 11 heteroatoms. The summed E-state index contributed by atoms with van der Waals surface area (Å²) in [6.07, 6.45) is 3.37. The van der Waals surface area contributed by atoms with Crippen molar-refractivity contribution in [1.29, 1.82) is 0 Å². The first-order valence-corrected chi connectivity index (χ1v) is 17.1. The molecule has 3 aromatic carbocycles. The molecule has 9 nitrogen and oxygen atoms in total. The number of aromatic nitrogens is 4. The quantitative estimate of drug-likeness (QED) is 0.124. The Morgan fingerprint density at radius 3 is 2.41 bits per heavy atom. The van der Waals surface area contributed by atoms with Crippen molar-refractivity contribution in [2.75, 3.05) is 23.0 Å². The summed E-state index contributed by atoms with van der Waals surface area (Å²) in [5.41, 5.74) is 2.93. The third kappa shape index (κ3) is 7.12. The van der Waals surface area contributed by atoms with Crippen LogP contribution in [-0.4, -0.2) is 38.1 Å². The van der Waals surface area contributed by atoms with Crippen molar-refractivity contribution in [3.63, 3.8) is 0 Å². The van der Waals surface area contributed by atoms with Crippen LogP contribution < -0.4 is 15.4 Å². The maximum absolute atomic E-state index is 13.5. The molecular weight excluding hydrogens is 595 g/mol. The van der Waals surface area contributed by atoms with Gasteiger partial charge in [0.2, 0.25) is 11.2 Å². The highest BCUT2D eigenvalue weighted by atomic mass is 35.5. The van der Waals surface area contributed by atoms with Crippen molar-refractivity contribution in [3.8, 4) is 17.3 Å². The highest BCUT2D eigenvalue weighted by molar-refractivity contribution is 7.63. The Morgan fingerprint density at radius 1 is 0.955 bits per heavy atom. The number of urea groups is 1. The normalized spacial score (nSPS) is 11.9. The summed E-state index contributed by atoms with van der Waals surface area (Å²) >= 11 is 5.93. The predicted octanol–water partition coefficient (Wildman–Crippen LogP) is 9.11. The van der Waals surface area contributed by atoms with E-state index in [0.717, 1.165) is 27.7 Å². The Hall–Kier alpha value is -4.20. The molecule has 2 amide bonds. The van der Waals surface area contributed by atoms with Crippen LogP contribution in [0.25, 0.3) is 16.5 Å². The van der Waals surface area contributed by atoms with Crippen LogP contribution in [0.3, 0.4) is 0 Å². The molecule has 0 aliphatic heterocycles. The summed E-state index contributed by atoms with van der Waals surface area (Å²) in [4.78, 5) is 21.5. The van der Waals surface area contributed by atoms with Gasteiger partial charge in [-0.3, -0.25) is 5.32 Å². The van der Waals surface area contributed by atoms with Crippen LogP contribution in [0.15, 0.2) is 79.0 Å². The Labute approximate surface area is 262 Å². The summed E-state index contributed by atoms with van der Waals surface area (Å²) < 4.78 is 20.9. The lowest BCUT2D eigenvalue weighted by Gasteiger charge is -2.16. The molecule has 2 heterocycles. The first-order chi connectivity index (χ1) is 21.0. The van der Waals surface area contributed by atoms with E-state index < -0.39 is 13.2 Å². The van der Waals surface area contributed by atoms with Crippen LogP contribution in [-0.2, 0) is 16.1 Å². The molecule has 5 aromatic rings. The largest absolute Gasteiger partial charge is 0.438 e. The summed E-state index contributed by atoms with van der Waals surface area (Å²) in [5, 5.41) is 12.5. The molecule has 2 aromatic heterocycles. The lowest BCUT2D eigenvalue weighted by molar-refractivity contribution is 0.262. The minimum absolute atomic E-state index is 0.0873. The standard InChI is InChI=1S/C33H36ClN6O3P/c1-6-44(42,7-2)21-22-11-10-12-23(19-22)40-29(20-28(39-40)33(3,4)5)37-32(41)36-26-15-16-27(25-14-9-8-13-24(25)26)43-30-17-18-35-31(34)38-30/h8-20H,6-7,21H2,1-5H3,(H2,36,37,41). The van der Waals surface area contributed by atoms with Crippen molar-refractivity contribution in [2.24, 2.45) is 0 Å². The fourth-order valence-corrected chi connectivity index (χ4v) is 6.72. The topological polar surface area (TPSA) is 111 Å². The molecular formula is C33H36ClN6O3P. The Morgan fingerprint density at radius 2 is 1.70 bits per heavy atom. The number of ether oxygens (including phenoxy) is 1. The molecule has 0 radical (unpaired) electrons. The number of halogens is 1. The number of carbonyl (C=O) groups is 1. The molecule has 0 spiro atoms. The molecule has 44 heavy (non-hydrogen) atoms. The number of nitrogens with zero attached hydrogens (tertiary/aromatic N) is 4. The molecule has 0 aliphatic rings. The fourth-order valence-electron chi connectivity index (χ4n) is 4.83. The number of fused-ring (bicyclic) bond motifs is 1. The number of hydrogen-bond donors (Lipinski definition) is 2. The van der Waals surface area contributed by atoms with Gasteiger partial charge in [-0.25, -0.2) is 14.5 Å². The van der Waals surface area contributed by atoms with Crippen molar-refractivity contribution >= 4 is 47.1 Å². The molecule has 2 N–H and O–H groups in total. The van der Waals surface area contributed by atoms with Gasteiger partial charge in [0.15, 0.2) is 0 Å². The van der Waals surface area contributed by atoms with Gasteiger partial charge in [-0.1, -0.05) is 71.0 Å². The molecule has 0 atom stereocenters. The maximum Gasteiger partial charge on any atom is 0.324 e. The average Bonchev–Trinajstić information content (AvgIpc) is 3.43. The molecule has 0 aliphatic carbocycles. The van der Waals surface area contributed by atoms with Crippen LogP contribution >= 0.6 is 18.7 Å². The molecule has 0 saturated heterocycles. The minimum atomic E-state index is -2.29. The van der Waals surface area contributed by atoms with Crippen molar-refractivity contribution in [3.05, 3.63) is 95.5 Å². The number of rotatable bonds is 9. The van der Waals surface area contributed by atoms with Crippen LogP contribution in [0.1, 0.15) is 45.9 Å². The van der Waals surface area contributed by atoms with Gasteiger partial charge in [-0.05, 0) is 53.8 Å². The first-order valence-electron chi connectivity index (χ1n) is 14.5. The van der Waals surface area contributed by atoms with E-state index in [0.29, 0.717) is 41.6 Å². The van der Waals surface area contributed by atoms with E-state index in [1.165, 1.54) is 6.20 Å². The van der Waals surface area contributed by atoms with E-state index in [1.807, 2.05) is 68.4 Å². The lowest BCUT2D eigenvalue weighted by atomic mass is 9.92. The number of anilines is 2. The Kier molecular flexibility index (Phi) is 9.09. The van der Waals surface area contributed by atoms with Crippen molar-refractivity contribution < 1.29 is 14.1 Å². The van der Waals surface area contributed by atoms with Gasteiger partial charge in [0.25, 0.3) is 0 Å². The second-order valence-electron chi connectivity index (χ2n) is 11.6. The Balaban J connectivity index is 1.43.